The molecule has 3 aromatic rings. The minimum Gasteiger partial charge on any atom is -0.256 e. The van der Waals surface area contributed by atoms with E-state index in [-0.39, 0.29) is 6.54 Å². The van der Waals surface area contributed by atoms with E-state index in [1.807, 2.05) is 35.9 Å². The van der Waals surface area contributed by atoms with Crippen LogP contribution in [-0.2, 0) is 16.6 Å². The molecule has 0 saturated carbocycles. The Bertz CT molecular complexity index is 868. The Morgan fingerprint density at radius 2 is 2.09 bits per heavy atom. The van der Waals surface area contributed by atoms with Crippen molar-refractivity contribution in [3.63, 3.8) is 0 Å². The molecule has 1 N–H and O–H groups in total. The highest BCUT2D eigenvalue weighted by atomic mass is 32.2. The molecule has 0 fully saturated rings. The van der Waals surface area contributed by atoms with Crippen LogP contribution in [-0.4, -0.2) is 13.4 Å². The summed E-state index contributed by atoms with van der Waals surface area (Å²) in [7, 11) is -3.45. The molecule has 22 heavy (non-hydrogen) atoms. The molecule has 0 spiro atoms. The van der Waals surface area contributed by atoms with E-state index in [0.29, 0.717) is 4.21 Å². The Hall–Kier alpha value is -1.54. The van der Waals surface area contributed by atoms with Gasteiger partial charge in [0, 0.05) is 28.6 Å². The Labute approximate surface area is 137 Å². The number of pyridine rings is 1. The van der Waals surface area contributed by atoms with Crippen LogP contribution < -0.4 is 4.72 Å². The number of rotatable bonds is 5. The van der Waals surface area contributed by atoms with E-state index in [1.165, 1.54) is 11.3 Å². The van der Waals surface area contributed by atoms with Crippen LogP contribution in [0.25, 0.3) is 11.3 Å². The highest BCUT2D eigenvalue weighted by Gasteiger charge is 2.15. The molecule has 0 amide bonds. The van der Waals surface area contributed by atoms with Gasteiger partial charge in [-0.2, -0.15) is 11.3 Å². The van der Waals surface area contributed by atoms with Gasteiger partial charge in [0.05, 0.1) is 5.69 Å². The molecule has 3 aromatic heterocycles. The standard InChI is InChI=1S/C15H14N2O2S3/c1-11-2-3-15(21-11)22(18,19)17-9-12-4-6-16-14(8-12)13-5-7-20-10-13/h2-8,10,17H,9H2,1H3. The zero-order valence-corrected chi connectivity index (χ0v) is 14.3. The fraction of sp³-hybridized carbons (Fsp3) is 0.133. The maximum Gasteiger partial charge on any atom is 0.250 e. The molecule has 0 unspecified atom stereocenters. The maximum atomic E-state index is 12.2. The van der Waals surface area contributed by atoms with E-state index in [4.69, 9.17) is 0 Å². The summed E-state index contributed by atoms with van der Waals surface area (Å²) < 4.78 is 27.4. The van der Waals surface area contributed by atoms with Crippen molar-refractivity contribution < 1.29 is 8.42 Å². The second kappa shape index (κ2) is 6.29. The fourth-order valence-electron chi connectivity index (χ4n) is 1.96. The van der Waals surface area contributed by atoms with E-state index < -0.39 is 10.0 Å². The lowest BCUT2D eigenvalue weighted by Gasteiger charge is -2.06. The number of nitrogens with one attached hydrogen (secondary N) is 1. The number of thiophene rings is 2. The minimum absolute atomic E-state index is 0.249. The summed E-state index contributed by atoms with van der Waals surface area (Å²) in [5.41, 5.74) is 2.78. The third-order valence-electron chi connectivity index (χ3n) is 3.09. The number of sulfonamides is 1. The van der Waals surface area contributed by atoms with Crippen molar-refractivity contribution >= 4 is 32.7 Å². The molecule has 0 saturated heterocycles. The Morgan fingerprint density at radius 1 is 1.23 bits per heavy atom. The second-order valence-electron chi connectivity index (χ2n) is 4.75. The van der Waals surface area contributed by atoms with Gasteiger partial charge < -0.3 is 0 Å². The Kier molecular flexibility index (Phi) is 4.39. The van der Waals surface area contributed by atoms with E-state index in [1.54, 1.807) is 29.7 Å². The number of aryl methyl sites for hydroxylation is 1. The van der Waals surface area contributed by atoms with Gasteiger partial charge in [-0.15, -0.1) is 11.3 Å². The summed E-state index contributed by atoms with van der Waals surface area (Å²) >= 11 is 2.88. The lowest BCUT2D eigenvalue weighted by Crippen LogP contribution is -2.22. The number of hydrogen-bond donors (Lipinski definition) is 1. The van der Waals surface area contributed by atoms with Gasteiger partial charge in [-0.05, 0) is 48.2 Å². The van der Waals surface area contributed by atoms with Gasteiger partial charge in [0.1, 0.15) is 4.21 Å². The average Bonchev–Trinajstić information content (AvgIpc) is 3.17. The van der Waals surface area contributed by atoms with Gasteiger partial charge >= 0.3 is 0 Å². The van der Waals surface area contributed by atoms with Crippen LogP contribution in [0.15, 0.2) is 51.5 Å². The van der Waals surface area contributed by atoms with Gasteiger partial charge in [-0.1, -0.05) is 0 Å². The number of hydrogen-bond acceptors (Lipinski definition) is 5. The molecule has 0 radical (unpaired) electrons. The van der Waals surface area contributed by atoms with Gasteiger partial charge in [0.15, 0.2) is 0 Å². The van der Waals surface area contributed by atoms with Crippen LogP contribution in [0.2, 0.25) is 0 Å². The lowest BCUT2D eigenvalue weighted by atomic mass is 10.1. The molecule has 0 bridgehead atoms. The Morgan fingerprint density at radius 3 is 2.77 bits per heavy atom. The molecule has 0 aliphatic carbocycles. The molecule has 0 atom stereocenters. The summed E-state index contributed by atoms with van der Waals surface area (Å²) in [5.74, 6) is 0. The largest absolute Gasteiger partial charge is 0.256 e. The second-order valence-corrected chi connectivity index (χ2v) is 8.81. The molecule has 0 aromatic carbocycles. The van der Waals surface area contributed by atoms with Crippen LogP contribution in [0, 0.1) is 6.92 Å². The molecular weight excluding hydrogens is 336 g/mol. The van der Waals surface area contributed by atoms with Crippen LogP contribution in [0.4, 0.5) is 0 Å². The fourth-order valence-corrected chi connectivity index (χ4v) is 4.95. The normalized spacial score (nSPS) is 11.7. The van der Waals surface area contributed by atoms with Gasteiger partial charge in [-0.25, -0.2) is 13.1 Å². The SMILES string of the molecule is Cc1ccc(S(=O)(=O)NCc2ccnc(-c3ccsc3)c2)s1. The quantitative estimate of drug-likeness (QED) is 0.764. The molecular formula is C15H14N2O2S3. The molecule has 7 heteroatoms. The molecule has 3 rings (SSSR count). The van der Waals surface area contributed by atoms with Crippen molar-refractivity contribution in [3.05, 3.63) is 57.7 Å². The van der Waals surface area contributed by atoms with E-state index in [0.717, 1.165) is 21.7 Å². The third kappa shape index (κ3) is 3.44. The van der Waals surface area contributed by atoms with E-state index in [2.05, 4.69) is 9.71 Å². The van der Waals surface area contributed by atoms with Crippen LogP contribution in [0.3, 0.4) is 0 Å². The lowest BCUT2D eigenvalue weighted by molar-refractivity contribution is 0.583. The summed E-state index contributed by atoms with van der Waals surface area (Å²) in [6, 6.07) is 9.16. The van der Waals surface area contributed by atoms with Crippen molar-refractivity contribution in [2.24, 2.45) is 0 Å². The third-order valence-corrected chi connectivity index (χ3v) is 6.67. The monoisotopic (exact) mass is 350 g/mol. The van der Waals surface area contributed by atoms with Crippen LogP contribution in [0.1, 0.15) is 10.4 Å². The molecule has 3 heterocycles. The van der Waals surface area contributed by atoms with Crippen molar-refractivity contribution in [2.75, 3.05) is 0 Å². The van der Waals surface area contributed by atoms with E-state index >= 15 is 0 Å². The van der Waals surface area contributed by atoms with Gasteiger partial charge in [0.25, 0.3) is 0 Å². The summed E-state index contributed by atoms with van der Waals surface area (Å²) in [6.45, 7) is 2.14. The average molecular weight is 350 g/mol. The van der Waals surface area contributed by atoms with Crippen molar-refractivity contribution in [1.29, 1.82) is 0 Å². The zero-order chi connectivity index (χ0) is 15.6. The number of nitrogens with zero attached hydrogens (tertiary/aromatic N) is 1. The smallest absolute Gasteiger partial charge is 0.250 e. The van der Waals surface area contributed by atoms with Crippen LogP contribution >= 0.6 is 22.7 Å². The van der Waals surface area contributed by atoms with Crippen LogP contribution in [0.5, 0.6) is 0 Å². The molecule has 0 aliphatic heterocycles. The van der Waals surface area contributed by atoms with Gasteiger partial charge in [0.2, 0.25) is 10.0 Å². The zero-order valence-electron chi connectivity index (χ0n) is 11.8. The first kappa shape index (κ1) is 15.4. The summed E-state index contributed by atoms with van der Waals surface area (Å²) in [6.07, 6.45) is 1.70. The number of aromatic nitrogens is 1. The summed E-state index contributed by atoms with van der Waals surface area (Å²) in [5, 5.41) is 4.01. The first-order chi connectivity index (χ1) is 10.5. The summed E-state index contributed by atoms with van der Waals surface area (Å²) in [4.78, 5) is 5.30. The van der Waals surface area contributed by atoms with E-state index in [9.17, 15) is 8.42 Å². The molecule has 114 valence electrons. The Balaban J connectivity index is 1.75. The predicted octanol–water partition coefficient (Wildman–Crippen LogP) is 3.66. The first-order valence-electron chi connectivity index (χ1n) is 6.58. The predicted molar refractivity (Wildman–Crippen MR) is 90.6 cm³/mol. The molecule has 0 aliphatic rings. The minimum atomic E-state index is -3.45. The first-order valence-corrected chi connectivity index (χ1v) is 9.82. The topological polar surface area (TPSA) is 59.1 Å². The highest BCUT2D eigenvalue weighted by molar-refractivity contribution is 7.91. The highest BCUT2D eigenvalue weighted by Crippen LogP contribution is 2.22. The van der Waals surface area contributed by atoms with Crippen molar-refractivity contribution in [1.82, 2.24) is 9.71 Å². The maximum absolute atomic E-state index is 12.2. The van der Waals surface area contributed by atoms with Crippen molar-refractivity contribution in [3.8, 4) is 11.3 Å². The van der Waals surface area contributed by atoms with Crippen molar-refractivity contribution in [2.45, 2.75) is 17.7 Å². The van der Waals surface area contributed by atoms with Gasteiger partial charge in [-0.3, -0.25) is 4.98 Å². The molecule has 4 nitrogen and oxygen atoms in total.